The van der Waals surface area contributed by atoms with Crippen LogP contribution in [0.5, 0.6) is 0 Å². The fourth-order valence-corrected chi connectivity index (χ4v) is 1.35. The molecule has 0 spiro atoms. The van der Waals surface area contributed by atoms with Gasteiger partial charge in [0, 0.05) is 13.5 Å². The Bertz CT molecular complexity index is 176. The number of halogens is 1. The second kappa shape index (κ2) is 3.14. The van der Waals surface area contributed by atoms with Crippen LogP contribution < -0.4 is 5.44 Å². The van der Waals surface area contributed by atoms with Gasteiger partial charge in [0.1, 0.15) is 0 Å². The van der Waals surface area contributed by atoms with Crippen LogP contribution in [-0.2, 0) is 0 Å². The molecule has 0 saturated heterocycles. The second-order valence-corrected chi connectivity index (χ2v) is 4.60. The van der Waals surface area contributed by atoms with Crippen molar-refractivity contribution in [2.45, 2.75) is 0 Å². The van der Waals surface area contributed by atoms with Crippen molar-refractivity contribution < 1.29 is 0 Å². The first-order chi connectivity index (χ1) is 4.30. The lowest BCUT2D eigenvalue weighted by Crippen LogP contribution is -1.99. The van der Waals surface area contributed by atoms with Crippen molar-refractivity contribution in [1.82, 2.24) is 4.98 Å². The minimum Gasteiger partial charge on any atom is -0.255 e. The van der Waals surface area contributed by atoms with Crippen molar-refractivity contribution in [2.75, 3.05) is 6.66 Å². The Balaban J connectivity index is 2.85. The molecule has 0 aromatic carbocycles. The third-order valence-electron chi connectivity index (χ3n) is 0.965. The summed E-state index contributed by atoms with van der Waals surface area (Å²) in [4.78, 5) is 4.08. The van der Waals surface area contributed by atoms with E-state index in [0.29, 0.717) is 0 Å². The predicted molar refractivity (Wildman–Crippen MR) is 42.6 cm³/mol. The zero-order valence-corrected chi connectivity index (χ0v) is 6.73. The summed E-state index contributed by atoms with van der Waals surface area (Å²) in [6.07, 6.45) is 1.76. The lowest BCUT2D eigenvalue weighted by atomic mass is 10.5. The summed E-state index contributed by atoms with van der Waals surface area (Å²) in [5.41, 5.74) is 0.995. The largest absolute Gasteiger partial charge is 0.255 e. The molecule has 0 aliphatic heterocycles. The summed E-state index contributed by atoms with van der Waals surface area (Å²) in [5, 5.41) is 0. The Morgan fingerprint density at radius 1 is 1.56 bits per heavy atom. The summed E-state index contributed by atoms with van der Waals surface area (Å²) in [6.45, 7) is 1.97. The van der Waals surface area contributed by atoms with E-state index in [1.54, 1.807) is 6.20 Å². The third kappa shape index (κ3) is 1.92. The van der Waals surface area contributed by atoms with Crippen molar-refractivity contribution in [1.29, 1.82) is 0 Å². The van der Waals surface area contributed by atoms with E-state index in [4.69, 9.17) is 11.2 Å². The van der Waals surface area contributed by atoms with Crippen molar-refractivity contribution in [3.63, 3.8) is 0 Å². The normalized spacial score (nSPS) is 13.1. The maximum absolute atomic E-state index is 5.81. The Kier molecular flexibility index (Phi) is 2.44. The average molecular weight is 160 g/mol. The molecule has 1 atom stereocenters. The molecular formula is C6H7ClNP. The first kappa shape index (κ1) is 6.98. The highest BCUT2D eigenvalue weighted by Gasteiger charge is 1.97. The monoisotopic (exact) mass is 159 g/mol. The molecule has 3 heteroatoms. The van der Waals surface area contributed by atoms with Gasteiger partial charge in [-0.15, -0.1) is 0 Å². The maximum atomic E-state index is 5.81. The van der Waals surface area contributed by atoms with E-state index < -0.39 is 7.27 Å². The van der Waals surface area contributed by atoms with Gasteiger partial charge in [0.05, 0.1) is 5.44 Å². The predicted octanol–water partition coefficient (Wildman–Crippen LogP) is 1.97. The zero-order valence-electron chi connectivity index (χ0n) is 5.08. The van der Waals surface area contributed by atoms with Gasteiger partial charge < -0.3 is 0 Å². The molecule has 9 heavy (non-hydrogen) atoms. The van der Waals surface area contributed by atoms with Gasteiger partial charge in [-0.3, -0.25) is 4.98 Å². The Hall–Kier alpha value is -0.130. The molecule has 1 aromatic rings. The number of hydrogen-bond donors (Lipinski definition) is 0. The van der Waals surface area contributed by atoms with Gasteiger partial charge in [-0.25, -0.2) is 0 Å². The van der Waals surface area contributed by atoms with Crippen molar-refractivity contribution >= 4 is 24.0 Å². The average Bonchev–Trinajstić information content (AvgIpc) is 1.90. The molecule has 1 heterocycles. The van der Waals surface area contributed by atoms with E-state index in [-0.39, 0.29) is 0 Å². The second-order valence-electron chi connectivity index (χ2n) is 1.67. The standard InChI is InChI=1S/C6H7ClNP/c1-9(7)6-4-2-3-5-8-6/h2-5H,1H3. The van der Waals surface area contributed by atoms with Gasteiger partial charge in [0.25, 0.3) is 0 Å². The quantitative estimate of drug-likeness (QED) is 0.571. The highest BCUT2D eigenvalue weighted by molar-refractivity contribution is 7.89. The van der Waals surface area contributed by atoms with Crippen LogP contribution in [0.3, 0.4) is 0 Å². The van der Waals surface area contributed by atoms with Crippen LogP contribution in [0.1, 0.15) is 0 Å². The van der Waals surface area contributed by atoms with E-state index in [1.165, 1.54) is 0 Å². The molecule has 1 aromatic heterocycles. The zero-order chi connectivity index (χ0) is 6.69. The molecular weight excluding hydrogens is 152 g/mol. The number of aromatic nitrogens is 1. The summed E-state index contributed by atoms with van der Waals surface area (Å²) in [6, 6.07) is 5.78. The van der Waals surface area contributed by atoms with E-state index in [2.05, 4.69) is 4.98 Å². The van der Waals surface area contributed by atoms with Crippen LogP contribution in [0.15, 0.2) is 24.4 Å². The van der Waals surface area contributed by atoms with Gasteiger partial charge in [0.15, 0.2) is 0 Å². The topological polar surface area (TPSA) is 12.9 Å². The minimum atomic E-state index is -0.534. The number of rotatable bonds is 1. The van der Waals surface area contributed by atoms with Gasteiger partial charge in [-0.2, -0.15) is 0 Å². The molecule has 0 aliphatic carbocycles. The Labute approximate surface area is 60.6 Å². The minimum absolute atomic E-state index is 0.534. The number of nitrogens with zero attached hydrogens (tertiary/aromatic N) is 1. The lowest BCUT2D eigenvalue weighted by molar-refractivity contribution is 1.39. The highest BCUT2D eigenvalue weighted by atomic mass is 35.7. The van der Waals surface area contributed by atoms with Crippen molar-refractivity contribution in [3.05, 3.63) is 24.4 Å². The summed E-state index contributed by atoms with van der Waals surface area (Å²) in [7, 11) is -0.534. The molecule has 0 amide bonds. The van der Waals surface area contributed by atoms with Crippen molar-refractivity contribution in [2.24, 2.45) is 0 Å². The van der Waals surface area contributed by atoms with E-state index >= 15 is 0 Å². The molecule has 48 valence electrons. The number of pyridine rings is 1. The van der Waals surface area contributed by atoms with Crippen LogP contribution in [-0.4, -0.2) is 11.6 Å². The van der Waals surface area contributed by atoms with Crippen molar-refractivity contribution in [3.8, 4) is 0 Å². The van der Waals surface area contributed by atoms with E-state index in [1.807, 2.05) is 24.9 Å². The van der Waals surface area contributed by atoms with Gasteiger partial charge in [-0.1, -0.05) is 17.3 Å². The maximum Gasteiger partial charge on any atom is 0.0784 e. The van der Waals surface area contributed by atoms with Crippen LogP contribution >= 0.6 is 18.5 Å². The summed E-state index contributed by atoms with van der Waals surface area (Å²) < 4.78 is 0. The van der Waals surface area contributed by atoms with Crippen LogP contribution in [0.2, 0.25) is 0 Å². The van der Waals surface area contributed by atoms with E-state index in [0.717, 1.165) is 5.44 Å². The molecule has 1 unspecified atom stereocenters. The fourth-order valence-electron chi connectivity index (χ4n) is 0.536. The molecule has 0 aliphatic rings. The summed E-state index contributed by atoms with van der Waals surface area (Å²) >= 11 is 5.81. The molecule has 0 radical (unpaired) electrons. The SMILES string of the molecule is CP(Cl)c1ccccn1. The van der Waals surface area contributed by atoms with Gasteiger partial charge >= 0.3 is 0 Å². The van der Waals surface area contributed by atoms with E-state index in [9.17, 15) is 0 Å². The molecule has 1 nitrogen and oxygen atoms in total. The fraction of sp³-hybridized carbons (Fsp3) is 0.167. The molecule has 0 bridgehead atoms. The summed E-state index contributed by atoms with van der Waals surface area (Å²) in [5.74, 6) is 0. The van der Waals surface area contributed by atoms with Crippen LogP contribution in [0.25, 0.3) is 0 Å². The first-order valence-corrected chi connectivity index (χ1v) is 5.30. The van der Waals surface area contributed by atoms with Crippen LogP contribution in [0.4, 0.5) is 0 Å². The molecule has 1 rings (SSSR count). The molecule has 0 fully saturated rings. The molecule has 0 saturated carbocycles. The third-order valence-corrected chi connectivity index (χ3v) is 2.38. The Morgan fingerprint density at radius 2 is 2.33 bits per heavy atom. The Morgan fingerprint density at radius 3 is 2.67 bits per heavy atom. The molecule has 0 N–H and O–H groups in total. The van der Waals surface area contributed by atoms with Gasteiger partial charge in [0.2, 0.25) is 0 Å². The highest BCUT2D eigenvalue weighted by Crippen LogP contribution is 2.33. The number of hydrogen-bond acceptors (Lipinski definition) is 1. The van der Waals surface area contributed by atoms with Crippen LogP contribution in [0, 0.1) is 0 Å². The smallest absolute Gasteiger partial charge is 0.0784 e. The lowest BCUT2D eigenvalue weighted by Gasteiger charge is -1.98. The van der Waals surface area contributed by atoms with Gasteiger partial charge in [-0.05, 0) is 18.8 Å². The first-order valence-electron chi connectivity index (χ1n) is 2.61.